The maximum atomic E-state index is 13.5. The molecule has 9 heteroatoms. The first kappa shape index (κ1) is 29.5. The summed E-state index contributed by atoms with van der Waals surface area (Å²) in [5.74, 6) is -0.381. The van der Waals surface area contributed by atoms with Crippen LogP contribution in [0.25, 0.3) is 0 Å². The zero-order valence-corrected chi connectivity index (χ0v) is 23.7. The van der Waals surface area contributed by atoms with Crippen LogP contribution in [0.15, 0.2) is 42.5 Å². The fraction of sp³-hybridized carbons (Fsp3) is 0.516. The number of rotatable bonds is 4. The predicted octanol–water partition coefficient (Wildman–Crippen LogP) is 2.91. The second kappa shape index (κ2) is 13.7. The molecule has 8 nitrogen and oxygen atoms in total. The Labute approximate surface area is 236 Å². The monoisotopic (exact) mass is 552 g/mol. The van der Waals surface area contributed by atoms with Crippen LogP contribution in [0.3, 0.4) is 0 Å². The molecule has 0 fully saturated rings. The molecule has 3 amide bonds. The summed E-state index contributed by atoms with van der Waals surface area (Å²) in [5.41, 5.74) is 3.00. The summed E-state index contributed by atoms with van der Waals surface area (Å²) in [6, 6.07) is 9.95. The maximum Gasteiger partial charge on any atom is 0.243 e. The van der Waals surface area contributed by atoms with Gasteiger partial charge in [0.25, 0.3) is 0 Å². The molecule has 0 saturated carbocycles. The van der Waals surface area contributed by atoms with Crippen molar-refractivity contribution >= 4 is 17.7 Å². The van der Waals surface area contributed by atoms with E-state index in [9.17, 15) is 18.8 Å². The summed E-state index contributed by atoms with van der Waals surface area (Å²) >= 11 is 0. The number of nitrogens with zero attached hydrogens (tertiary/aromatic N) is 1. The highest BCUT2D eigenvalue weighted by atomic mass is 19.1. The van der Waals surface area contributed by atoms with Crippen molar-refractivity contribution in [2.75, 3.05) is 20.1 Å². The zero-order chi connectivity index (χ0) is 28.6. The van der Waals surface area contributed by atoms with Crippen LogP contribution in [-0.2, 0) is 33.6 Å². The minimum Gasteiger partial charge on any atom is -0.489 e. The molecule has 40 heavy (non-hydrogen) atoms. The van der Waals surface area contributed by atoms with E-state index in [2.05, 4.69) is 28.1 Å². The highest BCUT2D eigenvalue weighted by molar-refractivity contribution is 5.93. The Hall–Kier alpha value is -3.46. The largest absolute Gasteiger partial charge is 0.489 e. The smallest absolute Gasteiger partial charge is 0.243 e. The predicted molar refractivity (Wildman–Crippen MR) is 151 cm³/mol. The van der Waals surface area contributed by atoms with Crippen LogP contribution in [-0.4, -0.2) is 67.0 Å². The van der Waals surface area contributed by atoms with Gasteiger partial charge in [-0.1, -0.05) is 43.7 Å². The van der Waals surface area contributed by atoms with Crippen molar-refractivity contribution in [3.8, 4) is 5.75 Å². The summed E-state index contributed by atoms with van der Waals surface area (Å²) in [6.07, 6.45) is 4.77. The van der Waals surface area contributed by atoms with Crippen molar-refractivity contribution in [1.82, 2.24) is 20.9 Å². The van der Waals surface area contributed by atoms with Crippen molar-refractivity contribution in [2.24, 2.45) is 0 Å². The molecule has 2 aromatic carbocycles. The molecule has 2 aliphatic heterocycles. The summed E-state index contributed by atoms with van der Waals surface area (Å²) < 4.78 is 19.9. The molecular formula is C31H41FN4O4. The third kappa shape index (κ3) is 7.38. The van der Waals surface area contributed by atoms with Crippen LogP contribution < -0.4 is 20.7 Å². The van der Waals surface area contributed by atoms with Gasteiger partial charge < -0.3 is 25.6 Å². The average Bonchev–Trinajstić information content (AvgIpc) is 2.96. The molecule has 0 aliphatic carbocycles. The van der Waals surface area contributed by atoms with E-state index >= 15 is 0 Å². The first-order chi connectivity index (χ1) is 19.3. The molecule has 2 heterocycles. The van der Waals surface area contributed by atoms with Gasteiger partial charge in [0.2, 0.25) is 17.7 Å². The summed E-state index contributed by atoms with van der Waals surface area (Å²) in [4.78, 5) is 41.5. The van der Waals surface area contributed by atoms with Gasteiger partial charge in [-0.05, 0) is 67.9 Å². The van der Waals surface area contributed by atoms with Crippen LogP contribution in [0.4, 0.5) is 4.39 Å². The van der Waals surface area contributed by atoms with Gasteiger partial charge in [0.1, 0.15) is 29.8 Å². The van der Waals surface area contributed by atoms with E-state index in [1.54, 1.807) is 26.1 Å². The Bertz CT molecular complexity index is 1190. The third-order valence-corrected chi connectivity index (χ3v) is 7.88. The quantitative estimate of drug-likeness (QED) is 0.542. The number of likely N-dealkylation sites (N-methyl/N-ethyl adjacent to an activating group) is 1. The Morgan fingerprint density at radius 2 is 1.73 bits per heavy atom. The summed E-state index contributed by atoms with van der Waals surface area (Å²) in [6.45, 7) is 4.64. The number of amides is 3. The number of benzene rings is 2. The van der Waals surface area contributed by atoms with Gasteiger partial charge in [0, 0.05) is 26.6 Å². The Morgan fingerprint density at radius 1 is 1.00 bits per heavy atom. The molecule has 216 valence electrons. The number of hydrogen-bond acceptors (Lipinski definition) is 5. The van der Waals surface area contributed by atoms with Gasteiger partial charge in [-0.2, -0.15) is 0 Å². The lowest BCUT2D eigenvalue weighted by atomic mass is 9.96. The van der Waals surface area contributed by atoms with Crippen LogP contribution >= 0.6 is 0 Å². The van der Waals surface area contributed by atoms with E-state index < -0.39 is 24.0 Å². The topological polar surface area (TPSA) is 99.8 Å². The molecule has 0 saturated heterocycles. The third-order valence-electron chi connectivity index (χ3n) is 7.88. The van der Waals surface area contributed by atoms with Crippen LogP contribution in [0.5, 0.6) is 5.75 Å². The van der Waals surface area contributed by atoms with Crippen molar-refractivity contribution in [1.29, 1.82) is 0 Å². The van der Waals surface area contributed by atoms with E-state index in [4.69, 9.17) is 4.74 Å². The van der Waals surface area contributed by atoms with Gasteiger partial charge >= 0.3 is 0 Å². The number of nitrogens with one attached hydrogen (secondary N) is 3. The molecule has 4 atom stereocenters. The fourth-order valence-electron chi connectivity index (χ4n) is 5.33. The number of para-hydroxylation sites is 1. The Balaban J connectivity index is 1.58. The number of fused-ring (bicyclic) bond motifs is 1. The molecule has 2 aliphatic rings. The highest BCUT2D eigenvalue weighted by Crippen LogP contribution is 2.32. The number of ether oxygens (including phenoxy) is 1. The highest BCUT2D eigenvalue weighted by Gasteiger charge is 2.32. The lowest BCUT2D eigenvalue weighted by Crippen LogP contribution is -2.56. The lowest BCUT2D eigenvalue weighted by Gasteiger charge is -2.32. The Kier molecular flexibility index (Phi) is 10.1. The molecule has 3 N–H and O–H groups in total. The van der Waals surface area contributed by atoms with Crippen molar-refractivity contribution < 1.29 is 23.5 Å². The zero-order valence-electron chi connectivity index (χ0n) is 23.7. The number of carbonyl (C=O) groups excluding carboxylic acids is 3. The minimum absolute atomic E-state index is 0.0577. The van der Waals surface area contributed by atoms with E-state index in [0.717, 1.165) is 42.6 Å². The maximum absolute atomic E-state index is 13.5. The summed E-state index contributed by atoms with van der Waals surface area (Å²) in [7, 11) is 1.62. The van der Waals surface area contributed by atoms with Crippen LogP contribution in [0.2, 0.25) is 0 Å². The van der Waals surface area contributed by atoms with Crippen molar-refractivity contribution in [3.63, 3.8) is 0 Å². The van der Waals surface area contributed by atoms with Gasteiger partial charge in [0.05, 0.1) is 6.04 Å². The Morgan fingerprint density at radius 3 is 2.45 bits per heavy atom. The normalized spacial score (nSPS) is 24.8. The van der Waals surface area contributed by atoms with E-state index in [0.29, 0.717) is 25.9 Å². The number of halogens is 1. The van der Waals surface area contributed by atoms with Gasteiger partial charge in [0.15, 0.2) is 0 Å². The van der Waals surface area contributed by atoms with Gasteiger partial charge in [-0.15, -0.1) is 0 Å². The summed E-state index contributed by atoms with van der Waals surface area (Å²) in [5, 5.41) is 9.21. The van der Waals surface area contributed by atoms with Gasteiger partial charge in [-0.25, -0.2) is 4.39 Å². The molecule has 1 unspecified atom stereocenters. The first-order valence-electron chi connectivity index (χ1n) is 14.4. The molecule has 2 aromatic rings. The molecule has 0 radical (unpaired) electrons. The minimum atomic E-state index is -0.874. The van der Waals surface area contributed by atoms with E-state index in [1.165, 1.54) is 22.6 Å². The standard InChI is InChI=1S/C31H41FN4O4/c1-4-7-26-31(39)36(3)20(2)29(37)35-27(18-21-11-14-24(32)15-12-21)30(38)33-17-6-10-22-8-5-9-23-13-16-25(19-34-26)40-28(22)23/h5,8-9,11-12,14-15,20,25-27,34H,4,6-7,10,13,16-19H2,1-3H3,(H,33,38)(H,35,37)/t20-,25?,26+,27-/m1/s1. The number of hydrogen-bond donors (Lipinski definition) is 3. The molecule has 0 aromatic heterocycles. The SMILES string of the molecule is CCC[C@@H]1NCC2CCc3cccc(c3O2)CCCNC(=O)[C@@H](Cc2ccc(F)cc2)NC(=O)[C@@H](C)N(C)C1=O. The van der Waals surface area contributed by atoms with Crippen molar-refractivity contribution in [2.45, 2.75) is 83.0 Å². The fourth-order valence-corrected chi connectivity index (χ4v) is 5.33. The van der Waals surface area contributed by atoms with Crippen LogP contribution in [0, 0.1) is 5.82 Å². The number of carbonyl (C=O) groups is 3. The molecular weight excluding hydrogens is 511 g/mol. The lowest BCUT2D eigenvalue weighted by molar-refractivity contribution is -0.141. The molecule has 2 bridgehead atoms. The number of aryl methyl sites for hydroxylation is 2. The van der Waals surface area contributed by atoms with E-state index in [1.807, 2.05) is 13.0 Å². The second-order valence-corrected chi connectivity index (χ2v) is 10.8. The second-order valence-electron chi connectivity index (χ2n) is 10.8. The average molecular weight is 553 g/mol. The molecule has 4 rings (SSSR count). The molecule has 0 spiro atoms. The van der Waals surface area contributed by atoms with Gasteiger partial charge in [-0.3, -0.25) is 14.4 Å². The van der Waals surface area contributed by atoms with Crippen molar-refractivity contribution in [3.05, 3.63) is 65.0 Å². The first-order valence-corrected chi connectivity index (χ1v) is 14.4. The van der Waals surface area contributed by atoms with Crippen LogP contribution in [0.1, 0.15) is 56.2 Å². The van der Waals surface area contributed by atoms with E-state index in [-0.39, 0.29) is 30.2 Å².